The molecule has 0 radical (unpaired) electrons. The largest absolute Gasteiger partial charge is 0.397 e. The molecule has 0 saturated carbocycles. The van der Waals surface area contributed by atoms with Crippen molar-refractivity contribution in [2.24, 2.45) is 0 Å². The Balaban J connectivity index is 2.14. The molecule has 2 rings (SSSR count). The van der Waals surface area contributed by atoms with Gasteiger partial charge in [-0.15, -0.1) is 0 Å². The first-order chi connectivity index (χ1) is 7.95. The Bertz CT molecular complexity index is 453. The van der Waals surface area contributed by atoms with E-state index >= 15 is 0 Å². The second-order valence-electron chi connectivity index (χ2n) is 4.64. The fourth-order valence-electron chi connectivity index (χ4n) is 1.97. The zero-order valence-electron chi connectivity index (χ0n) is 10.1. The highest BCUT2D eigenvalue weighted by Crippen LogP contribution is 2.26. The molecule has 0 bridgehead atoms. The van der Waals surface area contributed by atoms with Gasteiger partial charge in [-0.1, -0.05) is 6.92 Å². The Kier molecular flexibility index (Phi) is 2.79. The lowest BCUT2D eigenvalue weighted by atomic mass is 9.90. The van der Waals surface area contributed by atoms with Crippen LogP contribution in [-0.2, 0) is 0 Å². The monoisotopic (exact) mass is 235 g/mol. The molecular weight excluding hydrogens is 218 g/mol. The SMILES string of the molecule is CCC1(O)CN(C(=O)c2cc(N)cnc2C)C1. The van der Waals surface area contributed by atoms with Gasteiger partial charge in [0, 0.05) is 0 Å². The Morgan fingerprint density at radius 1 is 1.65 bits per heavy atom. The Labute approximate surface area is 100 Å². The molecule has 5 heteroatoms. The molecule has 1 aromatic heterocycles. The van der Waals surface area contributed by atoms with Gasteiger partial charge in [-0.2, -0.15) is 0 Å². The fraction of sp³-hybridized carbons (Fsp3) is 0.500. The number of pyridine rings is 1. The molecular formula is C12H17N3O2. The number of aliphatic hydroxyl groups is 1. The predicted molar refractivity (Wildman–Crippen MR) is 64.5 cm³/mol. The van der Waals surface area contributed by atoms with Gasteiger partial charge in [0.05, 0.1) is 41.8 Å². The number of aryl methyl sites for hydroxylation is 1. The van der Waals surface area contributed by atoms with Crippen LogP contribution in [0.5, 0.6) is 0 Å². The zero-order chi connectivity index (χ0) is 12.6. The molecule has 1 saturated heterocycles. The smallest absolute Gasteiger partial charge is 0.255 e. The number of nitrogens with two attached hydrogens (primary N) is 1. The van der Waals surface area contributed by atoms with Gasteiger partial charge in [0.1, 0.15) is 0 Å². The highest BCUT2D eigenvalue weighted by molar-refractivity contribution is 5.96. The highest BCUT2D eigenvalue weighted by Gasteiger charge is 2.42. The van der Waals surface area contributed by atoms with E-state index in [1.807, 2.05) is 6.92 Å². The Morgan fingerprint density at radius 2 is 2.29 bits per heavy atom. The standard InChI is InChI=1S/C12H17N3O2/c1-3-12(17)6-15(7-12)11(16)10-4-9(13)5-14-8(10)2/h4-5,17H,3,6-7,13H2,1-2H3. The van der Waals surface area contributed by atoms with Crippen molar-refractivity contribution in [3.63, 3.8) is 0 Å². The van der Waals surface area contributed by atoms with E-state index < -0.39 is 5.60 Å². The summed E-state index contributed by atoms with van der Waals surface area (Å²) in [5.41, 5.74) is 6.57. The lowest BCUT2D eigenvalue weighted by Crippen LogP contribution is -2.63. The quantitative estimate of drug-likeness (QED) is 0.785. The summed E-state index contributed by atoms with van der Waals surface area (Å²) in [6.07, 6.45) is 2.19. The van der Waals surface area contributed by atoms with Crippen LogP contribution in [0.2, 0.25) is 0 Å². The summed E-state index contributed by atoms with van der Waals surface area (Å²) < 4.78 is 0. The van der Waals surface area contributed by atoms with Crippen molar-refractivity contribution >= 4 is 11.6 Å². The normalized spacial score (nSPS) is 17.7. The first-order valence-electron chi connectivity index (χ1n) is 5.69. The summed E-state index contributed by atoms with van der Waals surface area (Å²) in [6.45, 7) is 4.46. The number of hydrogen-bond donors (Lipinski definition) is 2. The molecule has 0 aliphatic carbocycles. The third kappa shape index (κ3) is 2.10. The van der Waals surface area contributed by atoms with Gasteiger partial charge in [-0.3, -0.25) is 9.78 Å². The Hall–Kier alpha value is -1.62. The van der Waals surface area contributed by atoms with Crippen LogP contribution in [0.1, 0.15) is 29.4 Å². The van der Waals surface area contributed by atoms with Gasteiger partial charge in [-0.25, -0.2) is 0 Å². The topological polar surface area (TPSA) is 79.5 Å². The molecule has 1 fully saturated rings. The summed E-state index contributed by atoms with van der Waals surface area (Å²) in [5, 5.41) is 9.87. The molecule has 3 N–H and O–H groups in total. The van der Waals surface area contributed by atoms with E-state index in [1.54, 1.807) is 17.9 Å². The molecule has 0 atom stereocenters. The van der Waals surface area contributed by atoms with Crippen LogP contribution < -0.4 is 5.73 Å². The van der Waals surface area contributed by atoms with Gasteiger partial charge >= 0.3 is 0 Å². The van der Waals surface area contributed by atoms with Crippen LogP contribution in [0.25, 0.3) is 0 Å². The molecule has 92 valence electrons. The molecule has 2 heterocycles. The first-order valence-corrected chi connectivity index (χ1v) is 5.69. The fourth-order valence-corrected chi connectivity index (χ4v) is 1.97. The van der Waals surface area contributed by atoms with Gasteiger partial charge < -0.3 is 15.7 Å². The molecule has 5 nitrogen and oxygen atoms in total. The number of likely N-dealkylation sites (tertiary alicyclic amines) is 1. The molecule has 0 spiro atoms. The predicted octanol–water partition coefficient (Wildman–Crippen LogP) is 0.569. The average molecular weight is 235 g/mol. The van der Waals surface area contributed by atoms with Crippen molar-refractivity contribution < 1.29 is 9.90 Å². The van der Waals surface area contributed by atoms with Crippen molar-refractivity contribution in [3.8, 4) is 0 Å². The number of amides is 1. The summed E-state index contributed by atoms with van der Waals surface area (Å²) in [5.74, 6) is -0.111. The minimum Gasteiger partial charge on any atom is -0.397 e. The summed E-state index contributed by atoms with van der Waals surface area (Å²) in [6, 6.07) is 1.63. The third-order valence-corrected chi connectivity index (χ3v) is 3.25. The minimum atomic E-state index is -0.711. The van der Waals surface area contributed by atoms with Crippen molar-refractivity contribution in [2.45, 2.75) is 25.9 Å². The van der Waals surface area contributed by atoms with Crippen LogP contribution in [-0.4, -0.2) is 39.6 Å². The van der Waals surface area contributed by atoms with Crippen molar-refractivity contribution in [3.05, 3.63) is 23.5 Å². The van der Waals surface area contributed by atoms with E-state index in [9.17, 15) is 9.90 Å². The molecule has 0 aromatic carbocycles. The number of hydrogen-bond acceptors (Lipinski definition) is 4. The van der Waals surface area contributed by atoms with Crippen molar-refractivity contribution in [1.29, 1.82) is 0 Å². The van der Waals surface area contributed by atoms with E-state index in [2.05, 4.69) is 4.98 Å². The summed E-state index contributed by atoms with van der Waals surface area (Å²) in [4.78, 5) is 17.8. The maximum absolute atomic E-state index is 12.1. The van der Waals surface area contributed by atoms with Gasteiger partial charge in [0.2, 0.25) is 0 Å². The van der Waals surface area contributed by atoms with E-state index in [4.69, 9.17) is 5.73 Å². The first kappa shape index (κ1) is 11.9. The van der Waals surface area contributed by atoms with E-state index in [1.165, 1.54) is 6.20 Å². The van der Waals surface area contributed by atoms with Crippen molar-refractivity contribution in [1.82, 2.24) is 9.88 Å². The maximum atomic E-state index is 12.1. The number of β-amino-alcohol motifs (C(OH)–C–C–N with tert-alkyl or cyclic N) is 1. The molecule has 1 aliphatic heterocycles. The minimum absolute atomic E-state index is 0.111. The van der Waals surface area contributed by atoms with Crippen LogP contribution in [0.4, 0.5) is 5.69 Å². The zero-order valence-corrected chi connectivity index (χ0v) is 10.1. The average Bonchev–Trinajstić information content (AvgIpc) is 2.27. The number of anilines is 1. The van der Waals surface area contributed by atoms with Gasteiger partial charge in [0.25, 0.3) is 5.91 Å². The van der Waals surface area contributed by atoms with Crippen LogP contribution in [0.3, 0.4) is 0 Å². The van der Waals surface area contributed by atoms with Gasteiger partial charge in [-0.05, 0) is 19.4 Å². The maximum Gasteiger partial charge on any atom is 0.255 e. The van der Waals surface area contributed by atoms with Crippen LogP contribution in [0, 0.1) is 6.92 Å². The van der Waals surface area contributed by atoms with Crippen LogP contribution in [0.15, 0.2) is 12.3 Å². The van der Waals surface area contributed by atoms with E-state index in [0.717, 1.165) is 0 Å². The van der Waals surface area contributed by atoms with Gasteiger partial charge in [0.15, 0.2) is 0 Å². The number of aromatic nitrogens is 1. The number of rotatable bonds is 2. The number of nitrogen functional groups attached to an aromatic ring is 1. The third-order valence-electron chi connectivity index (χ3n) is 3.25. The second kappa shape index (κ2) is 4.00. The number of nitrogens with zero attached hydrogens (tertiary/aromatic N) is 2. The summed E-state index contributed by atoms with van der Waals surface area (Å²) >= 11 is 0. The lowest BCUT2D eigenvalue weighted by molar-refractivity contribution is -0.0826. The number of carbonyl (C=O) groups excluding carboxylic acids is 1. The molecule has 0 unspecified atom stereocenters. The molecule has 1 amide bonds. The number of carbonyl (C=O) groups is 1. The lowest BCUT2D eigenvalue weighted by Gasteiger charge is -2.46. The highest BCUT2D eigenvalue weighted by atomic mass is 16.3. The van der Waals surface area contributed by atoms with E-state index in [-0.39, 0.29) is 5.91 Å². The molecule has 1 aliphatic rings. The summed E-state index contributed by atoms with van der Waals surface area (Å²) in [7, 11) is 0. The second-order valence-corrected chi connectivity index (χ2v) is 4.64. The molecule has 17 heavy (non-hydrogen) atoms. The van der Waals surface area contributed by atoms with Crippen LogP contribution >= 0.6 is 0 Å². The Morgan fingerprint density at radius 3 is 2.88 bits per heavy atom. The van der Waals surface area contributed by atoms with Crippen molar-refractivity contribution in [2.75, 3.05) is 18.8 Å². The molecule has 1 aromatic rings. The van der Waals surface area contributed by atoms with E-state index in [0.29, 0.717) is 36.5 Å².